The third-order valence-electron chi connectivity index (χ3n) is 2.03. The molecular weight excluding hydrogens is 190 g/mol. The lowest BCUT2D eigenvalue weighted by Crippen LogP contribution is -2.18. The molecule has 1 aromatic carbocycles. The van der Waals surface area contributed by atoms with Crippen LogP contribution in [0.3, 0.4) is 0 Å². The minimum absolute atomic E-state index is 0.0267. The maximum Gasteiger partial charge on any atom is 0.252 e. The average Bonchev–Trinajstić information content (AvgIpc) is 2.15. The number of carbonyl (C=O) groups excluding carboxylic acids is 2. The zero-order chi connectivity index (χ0) is 11.4. The normalized spacial score (nSPS) is 11.2. The number of nitrogens with two attached hydrogens (primary N) is 1. The maximum atomic E-state index is 11.1. The first kappa shape index (κ1) is 11.2. The highest BCUT2D eigenvalue weighted by Gasteiger charge is 2.09. The van der Waals surface area contributed by atoms with Gasteiger partial charge in [-0.05, 0) is 25.5 Å². The zero-order valence-electron chi connectivity index (χ0n) is 8.78. The molecule has 1 rings (SSSR count). The second-order valence-electron chi connectivity index (χ2n) is 3.39. The van der Waals surface area contributed by atoms with E-state index in [0.29, 0.717) is 0 Å². The molecule has 0 aliphatic carbocycles. The second kappa shape index (κ2) is 4.55. The lowest BCUT2D eigenvalue weighted by Gasteiger charge is -1.99. The van der Waals surface area contributed by atoms with Gasteiger partial charge in [-0.1, -0.05) is 29.8 Å². The van der Waals surface area contributed by atoms with Crippen molar-refractivity contribution < 1.29 is 9.59 Å². The van der Waals surface area contributed by atoms with Crippen molar-refractivity contribution in [2.24, 2.45) is 5.73 Å². The molecule has 0 saturated carbocycles. The van der Waals surface area contributed by atoms with Crippen molar-refractivity contribution in [3.8, 4) is 0 Å². The highest BCUT2D eigenvalue weighted by atomic mass is 16.2. The number of rotatable bonds is 3. The molecule has 78 valence electrons. The summed E-state index contributed by atoms with van der Waals surface area (Å²) in [5.41, 5.74) is 7.03. The van der Waals surface area contributed by atoms with Gasteiger partial charge in [-0.2, -0.15) is 0 Å². The Hall–Kier alpha value is -1.90. The van der Waals surface area contributed by atoms with E-state index in [1.165, 1.54) is 13.0 Å². The van der Waals surface area contributed by atoms with Crippen LogP contribution in [0.15, 0.2) is 29.8 Å². The van der Waals surface area contributed by atoms with Crippen LogP contribution in [0.25, 0.3) is 6.08 Å². The summed E-state index contributed by atoms with van der Waals surface area (Å²) in [6.07, 6.45) is 1.50. The van der Waals surface area contributed by atoms with Gasteiger partial charge < -0.3 is 5.73 Å². The summed E-state index contributed by atoms with van der Waals surface area (Å²) in [4.78, 5) is 22.0. The molecule has 0 fully saturated rings. The summed E-state index contributed by atoms with van der Waals surface area (Å²) in [7, 11) is 0. The number of amides is 1. The highest BCUT2D eigenvalue weighted by Crippen LogP contribution is 2.09. The van der Waals surface area contributed by atoms with Gasteiger partial charge in [-0.3, -0.25) is 9.59 Å². The van der Waals surface area contributed by atoms with Crippen LogP contribution in [0.1, 0.15) is 18.1 Å². The Morgan fingerprint density at radius 1 is 1.20 bits per heavy atom. The Morgan fingerprint density at radius 2 is 1.73 bits per heavy atom. The number of hydrogen-bond donors (Lipinski definition) is 1. The standard InChI is InChI=1S/C12H13NO2/c1-8-3-5-10(6-4-8)7-11(9(2)14)12(13)15/h3-7H,1-2H3,(H2,13,15)/b11-7-. The fourth-order valence-corrected chi connectivity index (χ4v) is 1.18. The molecule has 0 atom stereocenters. The van der Waals surface area contributed by atoms with Gasteiger partial charge in [0.25, 0.3) is 5.91 Å². The van der Waals surface area contributed by atoms with Crippen LogP contribution in [0.5, 0.6) is 0 Å². The van der Waals surface area contributed by atoms with Gasteiger partial charge in [-0.25, -0.2) is 0 Å². The Labute approximate surface area is 88.6 Å². The number of hydrogen-bond acceptors (Lipinski definition) is 2. The summed E-state index contributed by atoms with van der Waals surface area (Å²) in [6.45, 7) is 3.29. The molecule has 0 aliphatic rings. The van der Waals surface area contributed by atoms with Crippen molar-refractivity contribution >= 4 is 17.8 Å². The molecule has 2 N–H and O–H groups in total. The van der Waals surface area contributed by atoms with Gasteiger partial charge in [0.2, 0.25) is 0 Å². The van der Waals surface area contributed by atoms with Crippen LogP contribution in [-0.2, 0) is 9.59 Å². The van der Waals surface area contributed by atoms with Gasteiger partial charge in [-0.15, -0.1) is 0 Å². The van der Waals surface area contributed by atoms with Crippen molar-refractivity contribution in [2.75, 3.05) is 0 Å². The zero-order valence-corrected chi connectivity index (χ0v) is 8.78. The topological polar surface area (TPSA) is 60.2 Å². The van der Waals surface area contributed by atoms with Crippen LogP contribution in [0, 0.1) is 6.92 Å². The predicted molar refractivity (Wildman–Crippen MR) is 59.0 cm³/mol. The number of carbonyl (C=O) groups is 2. The highest BCUT2D eigenvalue weighted by molar-refractivity contribution is 6.21. The van der Waals surface area contributed by atoms with E-state index in [1.807, 2.05) is 31.2 Å². The smallest absolute Gasteiger partial charge is 0.252 e. The van der Waals surface area contributed by atoms with E-state index in [1.54, 1.807) is 0 Å². The first-order valence-corrected chi connectivity index (χ1v) is 4.60. The fourth-order valence-electron chi connectivity index (χ4n) is 1.18. The summed E-state index contributed by atoms with van der Waals surface area (Å²) in [5, 5.41) is 0. The number of Topliss-reactive ketones (excluding diaryl/α,β-unsaturated/α-hetero) is 1. The van der Waals surface area contributed by atoms with Gasteiger partial charge in [0.15, 0.2) is 5.78 Å². The van der Waals surface area contributed by atoms with Crippen LogP contribution in [-0.4, -0.2) is 11.7 Å². The molecule has 0 spiro atoms. The maximum absolute atomic E-state index is 11.1. The summed E-state index contributed by atoms with van der Waals surface area (Å²) >= 11 is 0. The SMILES string of the molecule is CC(=O)/C(=C/c1ccc(C)cc1)C(N)=O. The molecule has 3 nitrogen and oxygen atoms in total. The number of primary amides is 1. The van der Waals surface area contributed by atoms with Gasteiger partial charge in [0.05, 0.1) is 5.57 Å². The molecule has 0 heterocycles. The Bertz CT molecular complexity index is 400. The molecule has 0 bridgehead atoms. The van der Waals surface area contributed by atoms with E-state index in [2.05, 4.69) is 0 Å². The van der Waals surface area contributed by atoms with Gasteiger partial charge in [0.1, 0.15) is 0 Å². The number of aryl methyl sites for hydroxylation is 1. The minimum atomic E-state index is -0.692. The third-order valence-corrected chi connectivity index (χ3v) is 2.03. The van der Waals surface area contributed by atoms with E-state index in [9.17, 15) is 9.59 Å². The number of benzene rings is 1. The van der Waals surface area contributed by atoms with Crippen LogP contribution in [0.2, 0.25) is 0 Å². The van der Waals surface area contributed by atoms with E-state index >= 15 is 0 Å². The van der Waals surface area contributed by atoms with Crippen LogP contribution in [0.4, 0.5) is 0 Å². The molecule has 0 unspecified atom stereocenters. The van der Waals surface area contributed by atoms with Crippen LogP contribution < -0.4 is 5.73 Å². The van der Waals surface area contributed by atoms with Crippen molar-refractivity contribution in [1.82, 2.24) is 0 Å². The number of ketones is 1. The van der Waals surface area contributed by atoms with E-state index in [0.717, 1.165) is 11.1 Å². The van der Waals surface area contributed by atoms with Crippen molar-refractivity contribution in [3.05, 3.63) is 41.0 Å². The first-order valence-electron chi connectivity index (χ1n) is 4.60. The molecular formula is C12H13NO2. The molecule has 15 heavy (non-hydrogen) atoms. The third kappa shape index (κ3) is 3.06. The van der Waals surface area contributed by atoms with E-state index < -0.39 is 5.91 Å². The Kier molecular flexibility index (Phi) is 3.39. The van der Waals surface area contributed by atoms with Gasteiger partial charge in [0, 0.05) is 0 Å². The minimum Gasteiger partial charge on any atom is -0.365 e. The summed E-state index contributed by atoms with van der Waals surface area (Å²) < 4.78 is 0. The van der Waals surface area contributed by atoms with Gasteiger partial charge >= 0.3 is 0 Å². The quantitative estimate of drug-likeness (QED) is 0.459. The second-order valence-corrected chi connectivity index (χ2v) is 3.39. The monoisotopic (exact) mass is 203 g/mol. The molecule has 1 amide bonds. The van der Waals surface area contributed by atoms with Crippen molar-refractivity contribution in [1.29, 1.82) is 0 Å². The Balaban J connectivity index is 3.08. The van der Waals surface area contributed by atoms with E-state index in [-0.39, 0.29) is 11.4 Å². The average molecular weight is 203 g/mol. The molecule has 0 saturated heterocycles. The summed E-state index contributed by atoms with van der Waals surface area (Å²) in [6, 6.07) is 7.48. The molecule has 0 aliphatic heterocycles. The molecule has 0 radical (unpaired) electrons. The summed E-state index contributed by atoms with van der Waals surface area (Å²) in [5.74, 6) is -1.01. The van der Waals surface area contributed by atoms with E-state index in [4.69, 9.17) is 5.73 Å². The lowest BCUT2D eigenvalue weighted by molar-refractivity contribution is -0.119. The molecule has 0 aromatic heterocycles. The Morgan fingerprint density at radius 3 is 2.13 bits per heavy atom. The first-order chi connectivity index (χ1) is 7.00. The lowest BCUT2D eigenvalue weighted by atomic mass is 10.1. The van der Waals surface area contributed by atoms with Crippen molar-refractivity contribution in [3.63, 3.8) is 0 Å². The molecule has 3 heteroatoms. The fraction of sp³-hybridized carbons (Fsp3) is 0.167. The van der Waals surface area contributed by atoms with Crippen molar-refractivity contribution in [2.45, 2.75) is 13.8 Å². The predicted octanol–water partition coefficient (Wildman–Crippen LogP) is 1.45. The largest absolute Gasteiger partial charge is 0.365 e. The van der Waals surface area contributed by atoms with Crippen LogP contribution >= 0.6 is 0 Å². The molecule has 1 aromatic rings.